The summed E-state index contributed by atoms with van der Waals surface area (Å²) < 4.78 is 5.98. The van der Waals surface area contributed by atoms with Crippen LogP contribution in [0.5, 0.6) is 5.75 Å². The number of ether oxygens (including phenoxy) is 1. The average molecular weight is 298 g/mol. The van der Waals surface area contributed by atoms with Crippen molar-refractivity contribution >= 4 is 11.6 Å². The molecule has 1 saturated heterocycles. The number of benzene rings is 1. The third-order valence-corrected chi connectivity index (χ3v) is 4.74. The first-order valence-corrected chi connectivity index (χ1v) is 7.81. The van der Waals surface area contributed by atoms with Crippen LogP contribution < -0.4 is 5.32 Å². The average Bonchev–Trinajstić information content (AvgIpc) is 2.49. The summed E-state index contributed by atoms with van der Waals surface area (Å²) in [6.07, 6.45) is 4.14. The molecule has 1 unspecified atom stereocenters. The van der Waals surface area contributed by atoms with E-state index in [0.717, 1.165) is 37.9 Å². The van der Waals surface area contributed by atoms with Gasteiger partial charge in [-0.1, -0.05) is 37.6 Å². The Kier molecular flexibility index (Phi) is 5.30. The predicted molar refractivity (Wildman–Crippen MR) is 82.2 cm³/mol. The molecule has 0 bridgehead atoms. The maximum atomic E-state index is 9.93. The van der Waals surface area contributed by atoms with Crippen molar-refractivity contribution in [1.29, 1.82) is 0 Å². The van der Waals surface area contributed by atoms with E-state index >= 15 is 0 Å². The van der Waals surface area contributed by atoms with Crippen LogP contribution in [0.4, 0.5) is 0 Å². The molecule has 1 aromatic rings. The van der Waals surface area contributed by atoms with E-state index in [1.54, 1.807) is 6.07 Å². The van der Waals surface area contributed by atoms with Gasteiger partial charge in [-0.3, -0.25) is 0 Å². The molecule has 0 radical (unpaired) electrons. The highest BCUT2D eigenvalue weighted by Gasteiger charge is 2.34. The van der Waals surface area contributed by atoms with Crippen LogP contribution >= 0.6 is 11.6 Å². The zero-order valence-corrected chi connectivity index (χ0v) is 13.0. The lowest BCUT2D eigenvalue weighted by atomic mass is 9.86. The molecule has 1 aromatic carbocycles. The lowest BCUT2D eigenvalue weighted by Crippen LogP contribution is -2.46. The number of nitrogens with one attached hydrogen (secondary N) is 1. The van der Waals surface area contributed by atoms with Crippen molar-refractivity contribution in [2.45, 2.75) is 57.7 Å². The van der Waals surface area contributed by atoms with Gasteiger partial charge in [-0.25, -0.2) is 0 Å². The molecule has 1 fully saturated rings. The second-order valence-corrected chi connectivity index (χ2v) is 5.96. The zero-order valence-electron chi connectivity index (χ0n) is 12.3. The molecule has 0 spiro atoms. The van der Waals surface area contributed by atoms with Crippen molar-refractivity contribution in [3.05, 3.63) is 28.8 Å². The van der Waals surface area contributed by atoms with Gasteiger partial charge in [-0.15, -0.1) is 0 Å². The van der Waals surface area contributed by atoms with Crippen molar-refractivity contribution in [3.8, 4) is 5.75 Å². The van der Waals surface area contributed by atoms with Crippen LogP contribution in [-0.2, 0) is 11.3 Å². The van der Waals surface area contributed by atoms with Crippen LogP contribution in [0.25, 0.3) is 0 Å². The summed E-state index contributed by atoms with van der Waals surface area (Å²) in [5, 5.41) is 13.9. The lowest BCUT2D eigenvalue weighted by molar-refractivity contribution is -0.0932. The molecule has 2 N–H and O–H groups in total. The van der Waals surface area contributed by atoms with Gasteiger partial charge in [0.1, 0.15) is 5.75 Å². The number of aromatic hydroxyl groups is 1. The predicted octanol–water partition coefficient (Wildman–Crippen LogP) is 3.87. The topological polar surface area (TPSA) is 41.5 Å². The number of para-hydroxylation sites is 1. The Balaban J connectivity index is 1.95. The molecule has 2 rings (SSSR count). The number of hydrogen-bond acceptors (Lipinski definition) is 3. The summed E-state index contributed by atoms with van der Waals surface area (Å²) in [4.78, 5) is 0. The minimum atomic E-state index is 0.0201. The molecule has 0 saturated carbocycles. The SMILES string of the molecule is CCC1(CC)CC(NCc2cccc(Cl)c2O)CCO1. The molecular formula is C16H24ClNO2. The Bertz CT molecular complexity index is 446. The number of halogens is 1. The first kappa shape index (κ1) is 15.6. The van der Waals surface area contributed by atoms with Crippen molar-refractivity contribution < 1.29 is 9.84 Å². The van der Waals surface area contributed by atoms with Gasteiger partial charge < -0.3 is 15.2 Å². The van der Waals surface area contributed by atoms with Crippen LogP contribution in [0.2, 0.25) is 5.02 Å². The number of hydrogen-bond donors (Lipinski definition) is 2. The first-order chi connectivity index (χ1) is 9.60. The quantitative estimate of drug-likeness (QED) is 0.867. The Morgan fingerprint density at radius 1 is 1.40 bits per heavy atom. The molecule has 0 aromatic heterocycles. The molecule has 4 heteroatoms. The summed E-state index contributed by atoms with van der Waals surface area (Å²) in [7, 11) is 0. The standard InChI is InChI=1S/C16H24ClNO2/c1-3-16(4-2)10-13(8-9-20-16)18-11-12-6-5-7-14(17)15(12)19/h5-7,13,18-19H,3-4,8-11H2,1-2H3. The van der Waals surface area contributed by atoms with E-state index in [-0.39, 0.29) is 11.4 Å². The molecule has 1 aliphatic heterocycles. The fraction of sp³-hybridized carbons (Fsp3) is 0.625. The van der Waals surface area contributed by atoms with Crippen molar-refractivity contribution in [1.82, 2.24) is 5.32 Å². The van der Waals surface area contributed by atoms with Crippen LogP contribution in [0.15, 0.2) is 18.2 Å². The van der Waals surface area contributed by atoms with Crippen molar-refractivity contribution in [3.63, 3.8) is 0 Å². The van der Waals surface area contributed by atoms with E-state index in [9.17, 15) is 5.11 Å². The highest BCUT2D eigenvalue weighted by atomic mass is 35.5. The van der Waals surface area contributed by atoms with Crippen LogP contribution in [-0.4, -0.2) is 23.4 Å². The second kappa shape index (κ2) is 6.79. The maximum absolute atomic E-state index is 9.93. The largest absolute Gasteiger partial charge is 0.506 e. The fourth-order valence-electron chi connectivity index (χ4n) is 2.90. The zero-order chi connectivity index (χ0) is 14.6. The van der Waals surface area contributed by atoms with E-state index in [1.807, 2.05) is 12.1 Å². The van der Waals surface area contributed by atoms with Gasteiger partial charge in [0.25, 0.3) is 0 Å². The second-order valence-electron chi connectivity index (χ2n) is 5.56. The summed E-state index contributed by atoms with van der Waals surface area (Å²) >= 11 is 5.93. The van der Waals surface area contributed by atoms with E-state index in [0.29, 0.717) is 17.6 Å². The van der Waals surface area contributed by atoms with Gasteiger partial charge in [0.05, 0.1) is 10.6 Å². The Morgan fingerprint density at radius 2 is 2.15 bits per heavy atom. The Morgan fingerprint density at radius 3 is 2.85 bits per heavy atom. The summed E-state index contributed by atoms with van der Waals surface area (Å²) in [5.74, 6) is 0.186. The summed E-state index contributed by atoms with van der Waals surface area (Å²) in [6.45, 7) is 5.82. The number of phenolic OH excluding ortho intramolecular Hbond substituents is 1. The monoisotopic (exact) mass is 297 g/mol. The van der Waals surface area contributed by atoms with E-state index in [2.05, 4.69) is 19.2 Å². The smallest absolute Gasteiger partial charge is 0.138 e. The van der Waals surface area contributed by atoms with E-state index < -0.39 is 0 Å². The first-order valence-electron chi connectivity index (χ1n) is 7.44. The van der Waals surface area contributed by atoms with Crippen molar-refractivity contribution in [2.75, 3.05) is 6.61 Å². The third-order valence-electron chi connectivity index (χ3n) is 4.43. The molecule has 1 atom stereocenters. The highest BCUT2D eigenvalue weighted by molar-refractivity contribution is 6.32. The van der Waals surface area contributed by atoms with E-state index in [4.69, 9.17) is 16.3 Å². The van der Waals surface area contributed by atoms with Crippen molar-refractivity contribution in [2.24, 2.45) is 0 Å². The van der Waals surface area contributed by atoms with Crippen LogP contribution in [0.1, 0.15) is 45.1 Å². The van der Waals surface area contributed by atoms with Crippen LogP contribution in [0, 0.1) is 0 Å². The van der Waals surface area contributed by atoms with Gasteiger partial charge in [0.15, 0.2) is 0 Å². The summed E-state index contributed by atoms with van der Waals surface area (Å²) in [5.41, 5.74) is 0.870. The summed E-state index contributed by atoms with van der Waals surface area (Å²) in [6, 6.07) is 5.90. The van der Waals surface area contributed by atoms with Gasteiger partial charge in [-0.2, -0.15) is 0 Å². The van der Waals surface area contributed by atoms with Gasteiger partial charge >= 0.3 is 0 Å². The Labute approximate surface area is 126 Å². The highest BCUT2D eigenvalue weighted by Crippen LogP contribution is 2.32. The molecule has 0 aliphatic carbocycles. The minimum absolute atomic E-state index is 0.0201. The van der Waals surface area contributed by atoms with E-state index in [1.165, 1.54) is 0 Å². The molecule has 1 aliphatic rings. The van der Waals surface area contributed by atoms with Gasteiger partial charge in [0.2, 0.25) is 0 Å². The van der Waals surface area contributed by atoms with Crippen LogP contribution in [0.3, 0.4) is 0 Å². The molecule has 3 nitrogen and oxygen atoms in total. The molecule has 112 valence electrons. The normalized spacial score (nSPS) is 21.9. The lowest BCUT2D eigenvalue weighted by Gasteiger charge is -2.40. The van der Waals surface area contributed by atoms with Gasteiger partial charge in [0, 0.05) is 24.8 Å². The fourth-order valence-corrected chi connectivity index (χ4v) is 3.10. The van der Waals surface area contributed by atoms with Gasteiger partial charge in [-0.05, 0) is 31.7 Å². The minimum Gasteiger partial charge on any atom is -0.506 e. The number of rotatable bonds is 5. The number of phenols is 1. The Hall–Kier alpha value is -0.770. The molecule has 0 amide bonds. The molecular weight excluding hydrogens is 274 g/mol. The third kappa shape index (κ3) is 3.46. The maximum Gasteiger partial charge on any atom is 0.138 e. The molecule has 20 heavy (non-hydrogen) atoms. The molecule has 1 heterocycles.